The van der Waals surface area contributed by atoms with Gasteiger partial charge in [0.25, 0.3) is 11.8 Å². The van der Waals surface area contributed by atoms with E-state index < -0.39 is 0 Å². The lowest BCUT2D eigenvalue weighted by Crippen LogP contribution is -2.47. The maximum atomic E-state index is 12.8. The van der Waals surface area contributed by atoms with Gasteiger partial charge in [-0.3, -0.25) is 14.5 Å². The van der Waals surface area contributed by atoms with Gasteiger partial charge in [-0.1, -0.05) is 18.2 Å². The van der Waals surface area contributed by atoms with E-state index in [1.165, 1.54) is 6.42 Å². The number of thioether (sulfide) groups is 1. The highest BCUT2D eigenvalue weighted by Gasteiger charge is 2.33. The number of piperidine rings is 1. The number of piperazine rings is 1. The van der Waals surface area contributed by atoms with Crippen LogP contribution in [0.3, 0.4) is 0 Å². The molecule has 1 atom stereocenters. The Morgan fingerprint density at radius 2 is 1.81 bits per heavy atom. The van der Waals surface area contributed by atoms with Crippen molar-refractivity contribution in [2.75, 3.05) is 51.6 Å². The van der Waals surface area contributed by atoms with E-state index in [-0.39, 0.29) is 17.2 Å². The Kier molecular flexibility index (Phi) is 5.20. The summed E-state index contributed by atoms with van der Waals surface area (Å²) in [5.41, 5.74) is 1.43. The number of likely N-dealkylation sites (tertiary alicyclic amines) is 1. The molecule has 0 radical (unpaired) electrons. The minimum absolute atomic E-state index is 0.0357. The zero-order chi connectivity index (χ0) is 18.1. The van der Waals surface area contributed by atoms with Gasteiger partial charge in [0.2, 0.25) is 0 Å². The van der Waals surface area contributed by atoms with Crippen LogP contribution in [0.4, 0.5) is 5.69 Å². The van der Waals surface area contributed by atoms with E-state index in [0.29, 0.717) is 5.56 Å². The molecule has 3 heterocycles. The van der Waals surface area contributed by atoms with Crippen LogP contribution in [-0.2, 0) is 4.79 Å². The van der Waals surface area contributed by atoms with E-state index >= 15 is 0 Å². The molecule has 2 fully saturated rings. The topological polar surface area (TPSA) is 55.9 Å². The highest BCUT2D eigenvalue weighted by molar-refractivity contribution is 8.00. The molecule has 2 amide bonds. The van der Waals surface area contributed by atoms with Crippen LogP contribution in [0.1, 0.15) is 29.6 Å². The molecule has 26 heavy (non-hydrogen) atoms. The fourth-order valence-corrected chi connectivity index (χ4v) is 4.97. The number of carbonyl (C=O) groups excluding carboxylic acids is 2. The normalized spacial score (nSPS) is 24.9. The Morgan fingerprint density at radius 3 is 2.54 bits per heavy atom. The number of nitrogens with zero attached hydrogens (tertiary/aromatic N) is 3. The van der Waals surface area contributed by atoms with Crippen LogP contribution in [0.2, 0.25) is 0 Å². The summed E-state index contributed by atoms with van der Waals surface area (Å²) in [7, 11) is 2.08. The molecule has 6 nitrogen and oxygen atoms in total. The minimum atomic E-state index is -0.151. The molecule has 0 bridgehead atoms. The third-order valence-corrected chi connectivity index (χ3v) is 6.81. The molecule has 1 aromatic carbocycles. The molecule has 1 aromatic rings. The average Bonchev–Trinajstić information content (AvgIpc) is 2.68. The maximum absolute atomic E-state index is 12.8. The number of hydrogen-bond donors (Lipinski definition) is 1. The monoisotopic (exact) mass is 374 g/mol. The van der Waals surface area contributed by atoms with Gasteiger partial charge < -0.3 is 15.1 Å². The number of carbonyl (C=O) groups is 2. The van der Waals surface area contributed by atoms with Crippen molar-refractivity contribution in [3.8, 4) is 0 Å². The molecule has 1 unspecified atom stereocenters. The summed E-state index contributed by atoms with van der Waals surface area (Å²) >= 11 is 1.61. The zero-order valence-corrected chi connectivity index (χ0v) is 16.1. The predicted octanol–water partition coefficient (Wildman–Crippen LogP) is 1.93. The van der Waals surface area contributed by atoms with Gasteiger partial charge in [0, 0.05) is 36.6 Å². The van der Waals surface area contributed by atoms with Crippen LogP contribution >= 0.6 is 11.8 Å². The van der Waals surface area contributed by atoms with E-state index in [9.17, 15) is 9.59 Å². The van der Waals surface area contributed by atoms with Crippen molar-refractivity contribution < 1.29 is 9.59 Å². The Hall–Kier alpha value is -1.57. The van der Waals surface area contributed by atoms with Gasteiger partial charge >= 0.3 is 0 Å². The van der Waals surface area contributed by atoms with Crippen LogP contribution in [0.5, 0.6) is 0 Å². The second-order valence-corrected chi connectivity index (χ2v) is 8.48. The van der Waals surface area contributed by atoms with Crippen molar-refractivity contribution in [2.24, 2.45) is 0 Å². The molecule has 3 aliphatic rings. The number of hydrogen-bond acceptors (Lipinski definition) is 5. The first kappa shape index (κ1) is 17.8. The molecule has 7 heteroatoms. The minimum Gasteiger partial charge on any atom is -0.336 e. The van der Waals surface area contributed by atoms with E-state index in [1.807, 2.05) is 23.1 Å². The van der Waals surface area contributed by atoms with Crippen LogP contribution in [0.15, 0.2) is 23.1 Å². The third kappa shape index (κ3) is 3.61. The molecule has 1 N–H and O–H groups in total. The average molecular weight is 375 g/mol. The quantitative estimate of drug-likeness (QED) is 0.857. The number of amides is 2. The Labute approximate surface area is 158 Å². The smallest absolute Gasteiger partial charge is 0.254 e. The van der Waals surface area contributed by atoms with E-state index in [0.717, 1.165) is 62.7 Å². The van der Waals surface area contributed by atoms with Crippen molar-refractivity contribution in [1.29, 1.82) is 0 Å². The summed E-state index contributed by atoms with van der Waals surface area (Å²) in [5, 5.41) is 2.88. The van der Waals surface area contributed by atoms with Crippen LogP contribution in [-0.4, -0.2) is 78.2 Å². The van der Waals surface area contributed by atoms with Crippen molar-refractivity contribution in [1.82, 2.24) is 14.7 Å². The number of nitrogens with one attached hydrogen (secondary N) is 1. The van der Waals surface area contributed by atoms with Gasteiger partial charge in [-0.05, 0) is 51.2 Å². The molecule has 0 aromatic heterocycles. The Morgan fingerprint density at radius 1 is 1.08 bits per heavy atom. The first-order chi connectivity index (χ1) is 12.6. The second kappa shape index (κ2) is 7.58. The van der Waals surface area contributed by atoms with Gasteiger partial charge in [-0.2, -0.15) is 0 Å². The number of fused-ring (bicyclic) bond motifs is 1. The summed E-state index contributed by atoms with van der Waals surface area (Å²) in [6.45, 7) is 5.29. The molecular weight excluding hydrogens is 348 g/mol. The fraction of sp³-hybridized carbons (Fsp3) is 0.579. The number of likely N-dealkylation sites (N-methyl/N-ethyl adjacent to an activating group) is 1. The van der Waals surface area contributed by atoms with Crippen molar-refractivity contribution in [2.45, 2.75) is 29.5 Å². The third-order valence-electron chi connectivity index (χ3n) is 5.46. The lowest BCUT2D eigenvalue weighted by atomic mass is 10.1. The van der Waals surface area contributed by atoms with Gasteiger partial charge in [0.05, 0.1) is 5.69 Å². The van der Waals surface area contributed by atoms with E-state index in [4.69, 9.17) is 0 Å². The van der Waals surface area contributed by atoms with Crippen LogP contribution < -0.4 is 5.32 Å². The molecule has 3 aliphatic heterocycles. The van der Waals surface area contributed by atoms with Gasteiger partial charge in [0.1, 0.15) is 5.37 Å². The molecule has 0 spiro atoms. The summed E-state index contributed by atoms with van der Waals surface area (Å²) in [5.74, 6) is 0.0897. The molecule has 140 valence electrons. The summed E-state index contributed by atoms with van der Waals surface area (Å²) in [6.07, 6.45) is 3.58. The highest BCUT2D eigenvalue weighted by Crippen LogP contribution is 2.38. The maximum Gasteiger partial charge on any atom is 0.254 e. The molecule has 4 rings (SSSR count). The standard InChI is InChI=1S/C19H26N4O2S/c1-21-9-11-22(12-10-21)18(25)14-5-6-16-15(13-14)20-17(24)19(26-16)23-7-3-2-4-8-23/h5-6,13,19H,2-4,7-12H2,1H3,(H,20,24). The summed E-state index contributed by atoms with van der Waals surface area (Å²) in [6, 6.07) is 5.73. The Balaban J connectivity index is 1.48. The van der Waals surface area contributed by atoms with Gasteiger partial charge in [-0.15, -0.1) is 0 Å². The first-order valence-corrected chi connectivity index (χ1v) is 10.3. The fourth-order valence-electron chi connectivity index (χ4n) is 3.82. The molecular formula is C19H26N4O2S. The molecule has 2 saturated heterocycles. The molecule has 0 saturated carbocycles. The SMILES string of the molecule is CN1CCN(C(=O)c2ccc3c(c2)NC(=O)C(N2CCCCC2)S3)CC1. The van der Waals surface area contributed by atoms with Gasteiger partial charge in [-0.25, -0.2) is 0 Å². The van der Waals surface area contributed by atoms with Crippen molar-refractivity contribution >= 4 is 29.3 Å². The first-order valence-electron chi connectivity index (χ1n) is 9.45. The number of anilines is 1. The summed E-state index contributed by atoms with van der Waals surface area (Å²) < 4.78 is 0. The number of rotatable bonds is 2. The van der Waals surface area contributed by atoms with E-state index in [2.05, 4.69) is 22.2 Å². The second-order valence-electron chi connectivity index (χ2n) is 7.36. The van der Waals surface area contributed by atoms with Crippen molar-refractivity contribution in [3.05, 3.63) is 23.8 Å². The largest absolute Gasteiger partial charge is 0.336 e. The molecule has 0 aliphatic carbocycles. The lowest BCUT2D eigenvalue weighted by Gasteiger charge is -2.36. The number of benzene rings is 1. The van der Waals surface area contributed by atoms with Crippen LogP contribution in [0.25, 0.3) is 0 Å². The highest BCUT2D eigenvalue weighted by atomic mass is 32.2. The predicted molar refractivity (Wildman–Crippen MR) is 104 cm³/mol. The zero-order valence-electron chi connectivity index (χ0n) is 15.2. The van der Waals surface area contributed by atoms with Gasteiger partial charge in [0.15, 0.2) is 0 Å². The van der Waals surface area contributed by atoms with E-state index in [1.54, 1.807) is 11.8 Å². The Bertz CT molecular complexity index is 697. The van der Waals surface area contributed by atoms with Crippen LogP contribution in [0, 0.1) is 0 Å². The van der Waals surface area contributed by atoms with Crippen molar-refractivity contribution in [3.63, 3.8) is 0 Å². The summed E-state index contributed by atoms with van der Waals surface area (Å²) in [4.78, 5) is 32.8. The lowest BCUT2D eigenvalue weighted by molar-refractivity contribution is -0.118.